The molecular weight excluding hydrogens is 212 g/mol. The molecular formula is C10H16N2O2S. The first-order valence-corrected chi connectivity index (χ1v) is 6.17. The maximum atomic E-state index is 11.3. The Hall–Kier alpha value is -0.970. The predicted molar refractivity (Wildman–Crippen MR) is 61.7 cm³/mol. The van der Waals surface area contributed by atoms with E-state index in [1.807, 2.05) is 6.92 Å². The lowest BCUT2D eigenvalue weighted by Crippen LogP contribution is -2.32. The Morgan fingerprint density at radius 1 is 1.40 bits per heavy atom. The smallest absolute Gasteiger partial charge is 0.243 e. The Bertz CT molecular complexity index is 266. The van der Waals surface area contributed by atoms with E-state index in [2.05, 4.69) is 10.6 Å². The maximum absolute atomic E-state index is 11.3. The van der Waals surface area contributed by atoms with E-state index in [-0.39, 0.29) is 17.9 Å². The highest BCUT2D eigenvalue weighted by atomic mass is 32.2. The van der Waals surface area contributed by atoms with E-state index < -0.39 is 0 Å². The van der Waals surface area contributed by atoms with Crippen molar-refractivity contribution in [2.24, 2.45) is 0 Å². The minimum absolute atomic E-state index is 0.0423. The van der Waals surface area contributed by atoms with Crippen molar-refractivity contribution in [3.63, 3.8) is 0 Å². The van der Waals surface area contributed by atoms with Gasteiger partial charge in [0.25, 0.3) is 0 Å². The number of carbonyl (C=O) groups is 2. The van der Waals surface area contributed by atoms with E-state index >= 15 is 0 Å². The minimum atomic E-state index is -0.0997. The van der Waals surface area contributed by atoms with Crippen LogP contribution in [0.1, 0.15) is 13.3 Å². The summed E-state index contributed by atoms with van der Waals surface area (Å²) in [5.41, 5.74) is 0. The molecule has 1 aliphatic rings. The molecule has 0 aromatic heterocycles. The zero-order valence-corrected chi connectivity index (χ0v) is 9.60. The fraction of sp³-hybridized carbons (Fsp3) is 0.600. The molecule has 1 atom stereocenters. The Kier molecular flexibility index (Phi) is 5.25. The molecule has 0 fully saturated rings. The molecule has 15 heavy (non-hydrogen) atoms. The first kappa shape index (κ1) is 12.1. The van der Waals surface area contributed by atoms with Crippen LogP contribution in [0.15, 0.2) is 12.2 Å². The zero-order valence-electron chi connectivity index (χ0n) is 8.79. The van der Waals surface area contributed by atoms with Gasteiger partial charge in [-0.1, -0.05) is 6.08 Å². The van der Waals surface area contributed by atoms with E-state index in [9.17, 15) is 9.59 Å². The molecule has 0 saturated heterocycles. The quantitative estimate of drug-likeness (QED) is 0.627. The lowest BCUT2D eigenvalue weighted by atomic mass is 10.3. The molecule has 0 saturated carbocycles. The predicted octanol–water partition coefficient (Wildman–Crippen LogP) is 0.300. The van der Waals surface area contributed by atoms with E-state index in [1.165, 1.54) is 6.08 Å². The van der Waals surface area contributed by atoms with Gasteiger partial charge in [-0.25, -0.2) is 0 Å². The Balaban J connectivity index is 2.51. The van der Waals surface area contributed by atoms with Crippen LogP contribution in [0.5, 0.6) is 0 Å². The van der Waals surface area contributed by atoms with E-state index in [0.29, 0.717) is 13.0 Å². The molecule has 0 spiro atoms. The average Bonchev–Trinajstić information content (AvgIpc) is 2.18. The first-order chi connectivity index (χ1) is 7.18. The zero-order chi connectivity index (χ0) is 11.1. The van der Waals surface area contributed by atoms with Crippen LogP contribution in [-0.4, -0.2) is 35.9 Å². The van der Waals surface area contributed by atoms with Gasteiger partial charge in [-0.2, -0.15) is 11.8 Å². The van der Waals surface area contributed by atoms with Crippen molar-refractivity contribution in [3.05, 3.63) is 12.2 Å². The number of hydrogen-bond donors (Lipinski definition) is 2. The van der Waals surface area contributed by atoms with Crippen molar-refractivity contribution >= 4 is 23.6 Å². The molecule has 84 valence electrons. The highest BCUT2D eigenvalue weighted by Crippen LogP contribution is 2.02. The van der Waals surface area contributed by atoms with Crippen LogP contribution in [0.25, 0.3) is 0 Å². The summed E-state index contributed by atoms with van der Waals surface area (Å²) in [5, 5.41) is 5.57. The molecule has 4 nitrogen and oxygen atoms in total. The number of rotatable bonds is 0. The molecule has 0 aliphatic carbocycles. The summed E-state index contributed by atoms with van der Waals surface area (Å²) >= 11 is 1.68. The van der Waals surface area contributed by atoms with Gasteiger partial charge in [-0.05, 0) is 6.92 Å². The second kappa shape index (κ2) is 6.50. The molecule has 1 heterocycles. The van der Waals surface area contributed by atoms with Crippen molar-refractivity contribution < 1.29 is 9.59 Å². The third kappa shape index (κ3) is 5.47. The van der Waals surface area contributed by atoms with Crippen LogP contribution < -0.4 is 10.6 Å². The molecule has 0 radical (unpaired) electrons. The van der Waals surface area contributed by atoms with Crippen LogP contribution in [0, 0.1) is 0 Å². The number of nitrogens with one attached hydrogen (secondary N) is 2. The van der Waals surface area contributed by atoms with Gasteiger partial charge in [0, 0.05) is 36.6 Å². The second-order valence-corrected chi connectivity index (χ2v) is 4.59. The molecule has 2 N–H and O–H groups in total. The normalized spacial score (nSPS) is 26.9. The Morgan fingerprint density at radius 2 is 2.20 bits per heavy atom. The monoisotopic (exact) mass is 228 g/mol. The van der Waals surface area contributed by atoms with E-state index in [1.54, 1.807) is 17.8 Å². The number of carbonyl (C=O) groups excluding carboxylic acids is 2. The summed E-state index contributed by atoms with van der Waals surface area (Å²) in [7, 11) is 0. The van der Waals surface area contributed by atoms with Crippen molar-refractivity contribution in [1.82, 2.24) is 10.6 Å². The summed E-state index contributed by atoms with van der Waals surface area (Å²) in [6.07, 6.45) is 3.70. The van der Waals surface area contributed by atoms with Gasteiger partial charge in [-0.15, -0.1) is 0 Å². The number of amides is 2. The van der Waals surface area contributed by atoms with Gasteiger partial charge in [-0.3, -0.25) is 9.59 Å². The summed E-state index contributed by atoms with van der Waals surface area (Å²) in [6, 6.07) is -0.0901. The maximum Gasteiger partial charge on any atom is 0.243 e. The first-order valence-electron chi connectivity index (χ1n) is 5.01. The second-order valence-electron chi connectivity index (χ2n) is 3.37. The van der Waals surface area contributed by atoms with Gasteiger partial charge < -0.3 is 10.6 Å². The van der Waals surface area contributed by atoms with Gasteiger partial charge in [0.05, 0.1) is 0 Å². The fourth-order valence-electron chi connectivity index (χ4n) is 1.18. The molecule has 0 bridgehead atoms. The van der Waals surface area contributed by atoms with Crippen LogP contribution in [0.2, 0.25) is 0 Å². The van der Waals surface area contributed by atoms with Gasteiger partial charge in [0.1, 0.15) is 0 Å². The van der Waals surface area contributed by atoms with Crippen molar-refractivity contribution in [2.45, 2.75) is 19.4 Å². The number of hydrogen-bond acceptors (Lipinski definition) is 3. The van der Waals surface area contributed by atoms with E-state index in [0.717, 1.165) is 11.5 Å². The lowest BCUT2D eigenvalue weighted by molar-refractivity contribution is -0.121. The molecule has 5 heteroatoms. The summed E-state index contributed by atoms with van der Waals surface area (Å²) in [5.74, 6) is 1.60. The van der Waals surface area contributed by atoms with Crippen molar-refractivity contribution in [1.29, 1.82) is 0 Å². The van der Waals surface area contributed by atoms with Crippen LogP contribution >= 0.6 is 11.8 Å². The van der Waals surface area contributed by atoms with Crippen LogP contribution in [0.3, 0.4) is 0 Å². The fourth-order valence-corrected chi connectivity index (χ4v) is 1.96. The molecule has 0 aromatic rings. The third-order valence-corrected chi connectivity index (χ3v) is 2.93. The van der Waals surface area contributed by atoms with Gasteiger partial charge >= 0.3 is 0 Å². The molecule has 1 aliphatic heterocycles. The standard InChI is InChI=1S/C10H16N2O2S/c1-8-2-3-9(13)11-5-7-15-6-4-10(14)12-8/h2-3,8H,4-7H2,1H3,(H,11,13)(H,12,14)/b3-2+. The highest BCUT2D eigenvalue weighted by molar-refractivity contribution is 7.99. The van der Waals surface area contributed by atoms with Crippen LogP contribution in [-0.2, 0) is 9.59 Å². The Labute approximate surface area is 93.9 Å². The topological polar surface area (TPSA) is 58.2 Å². The summed E-state index contributed by atoms with van der Waals surface area (Å²) in [6.45, 7) is 2.50. The molecule has 2 amide bonds. The largest absolute Gasteiger partial charge is 0.352 e. The molecule has 1 rings (SSSR count). The average molecular weight is 228 g/mol. The summed E-state index contributed by atoms with van der Waals surface area (Å²) in [4.78, 5) is 22.5. The third-order valence-electron chi connectivity index (χ3n) is 1.94. The Morgan fingerprint density at radius 3 is 3.00 bits per heavy atom. The lowest BCUT2D eigenvalue weighted by Gasteiger charge is -2.11. The van der Waals surface area contributed by atoms with E-state index in [4.69, 9.17) is 0 Å². The van der Waals surface area contributed by atoms with Gasteiger partial charge in [0.2, 0.25) is 11.8 Å². The number of thioether (sulfide) groups is 1. The highest BCUT2D eigenvalue weighted by Gasteiger charge is 2.06. The SMILES string of the molecule is CC1/C=C/C(=O)NCCSCCC(=O)N1. The molecule has 0 aromatic carbocycles. The van der Waals surface area contributed by atoms with Gasteiger partial charge in [0.15, 0.2) is 0 Å². The van der Waals surface area contributed by atoms with Crippen molar-refractivity contribution in [3.8, 4) is 0 Å². The molecule has 1 unspecified atom stereocenters. The summed E-state index contributed by atoms with van der Waals surface area (Å²) < 4.78 is 0. The van der Waals surface area contributed by atoms with Crippen LogP contribution in [0.4, 0.5) is 0 Å². The minimum Gasteiger partial charge on any atom is -0.352 e. The van der Waals surface area contributed by atoms with Crippen molar-refractivity contribution in [2.75, 3.05) is 18.1 Å².